The molecule has 0 bridgehead atoms. The first-order valence-corrected chi connectivity index (χ1v) is 3.91. The molecule has 0 spiro atoms. The van der Waals surface area contributed by atoms with Gasteiger partial charge in [-0.1, -0.05) is 6.92 Å². The first-order valence-electron chi connectivity index (χ1n) is 3.91. The Hall–Kier alpha value is -0.370. The van der Waals surface area contributed by atoms with Gasteiger partial charge in [-0.2, -0.15) is 0 Å². The number of fused-ring (bicyclic) bond motifs is 1. The van der Waals surface area contributed by atoms with E-state index in [-0.39, 0.29) is 12.0 Å². The second kappa shape index (κ2) is 1.82. The normalized spacial score (nSPS) is 52.4. The van der Waals surface area contributed by atoms with Gasteiger partial charge >= 0.3 is 0 Å². The summed E-state index contributed by atoms with van der Waals surface area (Å²) in [5.41, 5.74) is 0. The summed E-state index contributed by atoms with van der Waals surface area (Å²) in [6.45, 7) is 2.04. The van der Waals surface area contributed by atoms with E-state index >= 15 is 0 Å². The van der Waals surface area contributed by atoms with Gasteiger partial charge < -0.3 is 5.11 Å². The zero-order valence-electron chi connectivity index (χ0n) is 6.08. The molecular formula is C8H12O2. The summed E-state index contributed by atoms with van der Waals surface area (Å²) >= 11 is 0. The van der Waals surface area contributed by atoms with Crippen LogP contribution in [0.3, 0.4) is 0 Å². The van der Waals surface area contributed by atoms with E-state index in [1.165, 1.54) is 0 Å². The molecule has 2 saturated carbocycles. The van der Waals surface area contributed by atoms with E-state index < -0.39 is 0 Å². The van der Waals surface area contributed by atoms with E-state index in [9.17, 15) is 9.90 Å². The van der Waals surface area contributed by atoms with Crippen LogP contribution in [0.5, 0.6) is 0 Å². The van der Waals surface area contributed by atoms with Gasteiger partial charge in [-0.05, 0) is 18.3 Å². The Bertz CT molecular complexity index is 176. The van der Waals surface area contributed by atoms with Crippen molar-refractivity contribution in [1.29, 1.82) is 0 Å². The third-order valence-electron chi connectivity index (χ3n) is 3.14. The minimum absolute atomic E-state index is 0.207. The summed E-state index contributed by atoms with van der Waals surface area (Å²) < 4.78 is 0. The van der Waals surface area contributed by atoms with Crippen molar-refractivity contribution in [2.24, 2.45) is 17.8 Å². The highest BCUT2D eigenvalue weighted by molar-refractivity contribution is 5.88. The van der Waals surface area contributed by atoms with Crippen molar-refractivity contribution < 1.29 is 9.90 Å². The third kappa shape index (κ3) is 0.601. The first kappa shape index (κ1) is 6.35. The Morgan fingerprint density at radius 3 is 2.70 bits per heavy atom. The number of hydrogen-bond donors (Lipinski definition) is 1. The number of rotatable bonds is 0. The lowest BCUT2D eigenvalue weighted by atomic mass is 9.72. The molecule has 0 aromatic carbocycles. The number of carbonyl (C=O) groups is 1. The Morgan fingerprint density at radius 1 is 1.60 bits per heavy atom. The van der Waals surface area contributed by atoms with Crippen LogP contribution >= 0.6 is 0 Å². The van der Waals surface area contributed by atoms with Crippen LogP contribution in [0, 0.1) is 17.8 Å². The highest BCUT2D eigenvalue weighted by Gasteiger charge is 2.50. The second-order valence-electron chi connectivity index (χ2n) is 3.60. The number of aliphatic hydroxyl groups is 1. The van der Waals surface area contributed by atoms with Crippen LogP contribution < -0.4 is 0 Å². The molecule has 0 aromatic heterocycles. The summed E-state index contributed by atoms with van der Waals surface area (Å²) in [4.78, 5) is 10.9. The van der Waals surface area contributed by atoms with Gasteiger partial charge in [0.15, 0.2) is 0 Å². The van der Waals surface area contributed by atoms with Gasteiger partial charge in [0.25, 0.3) is 0 Å². The zero-order valence-corrected chi connectivity index (χ0v) is 6.08. The molecule has 56 valence electrons. The van der Waals surface area contributed by atoms with Gasteiger partial charge in [0, 0.05) is 12.3 Å². The van der Waals surface area contributed by atoms with E-state index in [0.717, 1.165) is 12.8 Å². The van der Waals surface area contributed by atoms with Gasteiger partial charge in [0.2, 0.25) is 0 Å². The van der Waals surface area contributed by atoms with Crippen LogP contribution in [0.1, 0.15) is 19.8 Å². The Labute approximate surface area is 60.2 Å². The standard InChI is InChI=1S/C8H12O2/c1-4-5-2-8(10)6(5)3-7(4)9/h4-7,9H,2-3H2,1H3/t4?,5?,6?,7-/m0/s1. The lowest BCUT2D eigenvalue weighted by Gasteiger charge is -2.30. The fraction of sp³-hybridized carbons (Fsp3) is 0.875. The summed E-state index contributed by atoms with van der Waals surface area (Å²) in [5.74, 6) is 1.48. The second-order valence-corrected chi connectivity index (χ2v) is 3.60. The molecule has 0 amide bonds. The molecular weight excluding hydrogens is 128 g/mol. The molecule has 0 radical (unpaired) electrons. The SMILES string of the molecule is CC1C2CC(=O)C2C[C@@H]1O. The van der Waals surface area contributed by atoms with E-state index in [4.69, 9.17) is 0 Å². The van der Waals surface area contributed by atoms with Crippen LogP contribution in [0.4, 0.5) is 0 Å². The lowest BCUT2D eigenvalue weighted by molar-refractivity contribution is -0.133. The predicted octanol–water partition coefficient (Wildman–Crippen LogP) is 0.592. The van der Waals surface area contributed by atoms with Gasteiger partial charge in [-0.3, -0.25) is 4.79 Å². The van der Waals surface area contributed by atoms with Crippen molar-refractivity contribution in [2.45, 2.75) is 25.9 Å². The molecule has 2 rings (SSSR count). The summed E-state index contributed by atoms with van der Waals surface area (Å²) in [6, 6.07) is 0. The van der Waals surface area contributed by atoms with Gasteiger partial charge in [0.05, 0.1) is 6.10 Å². The van der Waals surface area contributed by atoms with Crippen molar-refractivity contribution in [1.82, 2.24) is 0 Å². The molecule has 0 saturated heterocycles. The molecule has 0 heterocycles. The smallest absolute Gasteiger partial charge is 0.136 e. The fourth-order valence-corrected chi connectivity index (χ4v) is 2.22. The maximum atomic E-state index is 10.9. The highest BCUT2D eigenvalue weighted by Crippen LogP contribution is 2.47. The third-order valence-corrected chi connectivity index (χ3v) is 3.14. The van der Waals surface area contributed by atoms with E-state index in [1.54, 1.807) is 0 Å². The van der Waals surface area contributed by atoms with Crippen LogP contribution in [0.15, 0.2) is 0 Å². The number of ketones is 1. The lowest BCUT2D eigenvalue weighted by Crippen LogP contribution is -2.35. The topological polar surface area (TPSA) is 37.3 Å². The molecule has 10 heavy (non-hydrogen) atoms. The summed E-state index contributed by atoms with van der Waals surface area (Å²) in [7, 11) is 0. The van der Waals surface area contributed by atoms with E-state index in [2.05, 4.69) is 0 Å². The molecule has 2 fully saturated rings. The quantitative estimate of drug-likeness (QED) is 0.534. The minimum Gasteiger partial charge on any atom is -0.393 e. The Balaban J connectivity index is 2.13. The molecule has 1 N–H and O–H groups in total. The molecule has 2 aliphatic rings. The van der Waals surface area contributed by atoms with Crippen molar-refractivity contribution in [3.8, 4) is 0 Å². The van der Waals surface area contributed by atoms with Crippen LogP contribution in [0.25, 0.3) is 0 Å². The van der Waals surface area contributed by atoms with Crippen LogP contribution in [0.2, 0.25) is 0 Å². The molecule has 0 aromatic rings. The summed E-state index contributed by atoms with van der Waals surface area (Å²) in [5, 5.41) is 9.34. The van der Waals surface area contributed by atoms with Gasteiger partial charge in [-0.15, -0.1) is 0 Å². The molecule has 2 nitrogen and oxygen atoms in total. The van der Waals surface area contributed by atoms with Crippen LogP contribution in [-0.4, -0.2) is 17.0 Å². The zero-order chi connectivity index (χ0) is 7.30. The number of carbonyl (C=O) groups excluding carboxylic acids is 1. The first-order chi connectivity index (χ1) is 4.70. The molecule has 4 atom stereocenters. The van der Waals surface area contributed by atoms with Gasteiger partial charge in [0.1, 0.15) is 5.78 Å². The van der Waals surface area contributed by atoms with E-state index in [1.807, 2.05) is 6.92 Å². The van der Waals surface area contributed by atoms with Crippen molar-refractivity contribution in [3.63, 3.8) is 0 Å². The van der Waals surface area contributed by atoms with Crippen molar-refractivity contribution >= 4 is 5.78 Å². The minimum atomic E-state index is -0.207. The molecule has 0 aliphatic heterocycles. The van der Waals surface area contributed by atoms with Gasteiger partial charge in [-0.25, -0.2) is 0 Å². The largest absolute Gasteiger partial charge is 0.393 e. The van der Waals surface area contributed by atoms with E-state index in [0.29, 0.717) is 17.6 Å². The van der Waals surface area contributed by atoms with Crippen molar-refractivity contribution in [2.75, 3.05) is 0 Å². The number of aliphatic hydroxyl groups excluding tert-OH is 1. The maximum Gasteiger partial charge on any atom is 0.136 e. The van der Waals surface area contributed by atoms with Crippen LogP contribution in [-0.2, 0) is 4.79 Å². The Morgan fingerprint density at radius 2 is 2.30 bits per heavy atom. The number of Topliss-reactive ketones (excluding diaryl/α,β-unsaturated/α-hetero) is 1. The molecule has 2 aliphatic carbocycles. The average Bonchev–Trinajstić information content (AvgIpc) is 2.12. The monoisotopic (exact) mass is 140 g/mol. The predicted molar refractivity (Wildman–Crippen MR) is 36.4 cm³/mol. The highest BCUT2D eigenvalue weighted by atomic mass is 16.3. The fourth-order valence-electron chi connectivity index (χ4n) is 2.22. The molecule has 3 unspecified atom stereocenters. The number of hydrogen-bond acceptors (Lipinski definition) is 2. The summed E-state index contributed by atoms with van der Waals surface area (Å²) in [6.07, 6.45) is 1.24. The Kier molecular flexibility index (Phi) is 1.15. The maximum absolute atomic E-state index is 10.9. The molecule has 2 heteroatoms. The average molecular weight is 140 g/mol. The van der Waals surface area contributed by atoms with Crippen molar-refractivity contribution in [3.05, 3.63) is 0 Å².